The van der Waals surface area contributed by atoms with Gasteiger partial charge in [0.05, 0.1) is 33.5 Å². The number of amides is 1. The number of aromatic nitrogens is 1. The average molecular weight is 624 g/mol. The smallest absolute Gasteiger partial charge is 0.318 e. The number of nitrogens with one attached hydrogen (secondary N) is 1. The minimum absolute atomic E-state index is 0.135. The molecule has 1 N–H and O–H groups in total. The number of nitrogens with zero attached hydrogens (tertiary/aromatic N) is 4. The highest BCUT2D eigenvalue weighted by Crippen LogP contribution is 2.35. The monoisotopic (exact) mass is 623 g/mol. The topological polar surface area (TPSA) is 142 Å². The number of rotatable bonds is 10. The van der Waals surface area contributed by atoms with Gasteiger partial charge in [-0.2, -0.15) is 5.10 Å². The molecule has 0 aliphatic rings. The Morgan fingerprint density at radius 1 is 0.702 bits per heavy atom. The second-order valence-electron chi connectivity index (χ2n) is 10.3. The SMILES string of the molecule is O=C(N/N=C\c1ccc(Oc2ccc([N+](=O)[O-])cc2[N+](=O)[O-])cc1)c1ccc(-n2c(-c3ccccc3)ccc2-c2ccccc2)cc1. The van der Waals surface area contributed by atoms with Crippen LogP contribution in [0.2, 0.25) is 0 Å². The van der Waals surface area contributed by atoms with Crippen LogP contribution in [0.5, 0.6) is 11.5 Å². The molecule has 0 fully saturated rings. The summed E-state index contributed by atoms with van der Waals surface area (Å²) in [7, 11) is 0. The Hall–Kier alpha value is -6.88. The molecular weight excluding hydrogens is 598 g/mol. The van der Waals surface area contributed by atoms with E-state index >= 15 is 0 Å². The van der Waals surface area contributed by atoms with Crippen LogP contribution >= 0.6 is 0 Å². The van der Waals surface area contributed by atoms with Gasteiger partial charge in [0.1, 0.15) is 5.75 Å². The molecule has 0 aliphatic heterocycles. The first kappa shape index (κ1) is 30.2. The van der Waals surface area contributed by atoms with E-state index in [2.05, 4.69) is 51.5 Å². The maximum atomic E-state index is 12.9. The number of carbonyl (C=O) groups excluding carboxylic acids is 1. The second-order valence-corrected chi connectivity index (χ2v) is 10.3. The van der Waals surface area contributed by atoms with Gasteiger partial charge in [-0.1, -0.05) is 60.7 Å². The predicted molar refractivity (Wildman–Crippen MR) is 178 cm³/mol. The average Bonchev–Trinajstić information content (AvgIpc) is 3.55. The van der Waals surface area contributed by atoms with Crippen LogP contribution in [0.1, 0.15) is 15.9 Å². The minimum atomic E-state index is -0.746. The van der Waals surface area contributed by atoms with E-state index in [-0.39, 0.29) is 11.5 Å². The van der Waals surface area contributed by atoms with E-state index < -0.39 is 27.1 Å². The molecule has 1 aromatic heterocycles. The van der Waals surface area contributed by atoms with Gasteiger partial charge in [-0.15, -0.1) is 0 Å². The van der Waals surface area contributed by atoms with Crippen molar-refractivity contribution < 1.29 is 19.4 Å². The van der Waals surface area contributed by atoms with Crippen molar-refractivity contribution in [1.29, 1.82) is 0 Å². The number of nitro benzene ring substituents is 2. The molecule has 11 nitrogen and oxygen atoms in total. The van der Waals surface area contributed by atoms with Crippen molar-refractivity contribution in [3.05, 3.63) is 171 Å². The lowest BCUT2D eigenvalue weighted by atomic mass is 10.1. The van der Waals surface area contributed by atoms with Crippen LogP contribution in [-0.2, 0) is 0 Å². The molecule has 5 aromatic carbocycles. The zero-order valence-electron chi connectivity index (χ0n) is 24.6. The van der Waals surface area contributed by atoms with Gasteiger partial charge in [-0.3, -0.25) is 25.0 Å². The maximum absolute atomic E-state index is 12.9. The summed E-state index contributed by atoms with van der Waals surface area (Å²) in [6.45, 7) is 0. The van der Waals surface area contributed by atoms with Crippen LogP contribution in [0.25, 0.3) is 28.2 Å². The molecule has 230 valence electrons. The first-order valence-corrected chi connectivity index (χ1v) is 14.3. The summed E-state index contributed by atoms with van der Waals surface area (Å²) < 4.78 is 7.75. The van der Waals surface area contributed by atoms with Crippen molar-refractivity contribution in [1.82, 2.24) is 9.99 Å². The molecule has 6 aromatic rings. The lowest BCUT2D eigenvalue weighted by Gasteiger charge is -2.15. The number of non-ortho nitro benzene ring substituents is 1. The number of ether oxygens (including phenoxy) is 1. The van der Waals surface area contributed by atoms with Crippen molar-refractivity contribution in [3.63, 3.8) is 0 Å². The van der Waals surface area contributed by atoms with E-state index in [4.69, 9.17) is 4.74 Å². The molecule has 6 rings (SSSR count). The summed E-state index contributed by atoms with van der Waals surface area (Å²) in [6.07, 6.45) is 1.45. The fourth-order valence-corrected chi connectivity index (χ4v) is 4.97. The predicted octanol–water partition coefficient (Wildman–Crippen LogP) is 8.18. The van der Waals surface area contributed by atoms with Crippen LogP contribution in [-0.4, -0.2) is 26.5 Å². The Bertz CT molecular complexity index is 2040. The zero-order valence-corrected chi connectivity index (χ0v) is 24.6. The number of carbonyl (C=O) groups is 1. The third-order valence-electron chi connectivity index (χ3n) is 7.25. The summed E-state index contributed by atoms with van der Waals surface area (Å²) in [5, 5.41) is 26.4. The lowest BCUT2D eigenvalue weighted by molar-refractivity contribution is -0.394. The lowest BCUT2D eigenvalue weighted by Crippen LogP contribution is -2.17. The first-order valence-electron chi connectivity index (χ1n) is 14.3. The van der Waals surface area contributed by atoms with E-state index in [1.807, 2.05) is 48.5 Å². The molecule has 0 atom stereocenters. The van der Waals surface area contributed by atoms with Gasteiger partial charge in [0.2, 0.25) is 5.75 Å². The van der Waals surface area contributed by atoms with Crippen molar-refractivity contribution in [2.75, 3.05) is 0 Å². The van der Waals surface area contributed by atoms with Crippen LogP contribution in [0.4, 0.5) is 11.4 Å². The second kappa shape index (κ2) is 13.4. The number of benzene rings is 5. The molecule has 0 saturated heterocycles. The van der Waals surface area contributed by atoms with Gasteiger partial charge in [0.15, 0.2) is 0 Å². The quantitative estimate of drug-likeness (QED) is 0.0926. The van der Waals surface area contributed by atoms with Gasteiger partial charge in [-0.25, -0.2) is 5.43 Å². The van der Waals surface area contributed by atoms with Gasteiger partial charge in [-0.05, 0) is 83.4 Å². The molecule has 0 spiro atoms. The van der Waals surface area contributed by atoms with E-state index in [1.54, 1.807) is 36.4 Å². The zero-order chi connectivity index (χ0) is 32.8. The van der Waals surface area contributed by atoms with E-state index in [1.165, 1.54) is 12.3 Å². The van der Waals surface area contributed by atoms with Crippen LogP contribution < -0.4 is 10.2 Å². The molecule has 1 amide bonds. The number of hydrogen-bond acceptors (Lipinski definition) is 7. The minimum Gasteiger partial charge on any atom is -0.450 e. The highest BCUT2D eigenvalue weighted by molar-refractivity contribution is 5.95. The third-order valence-corrected chi connectivity index (χ3v) is 7.25. The summed E-state index contributed by atoms with van der Waals surface area (Å²) in [4.78, 5) is 33.7. The Morgan fingerprint density at radius 3 is 1.85 bits per heavy atom. The maximum Gasteiger partial charge on any atom is 0.318 e. The molecule has 47 heavy (non-hydrogen) atoms. The fraction of sp³-hybridized carbons (Fsp3) is 0. The summed E-state index contributed by atoms with van der Waals surface area (Å²) in [5.41, 5.74) is 7.72. The van der Waals surface area contributed by atoms with Crippen molar-refractivity contribution in [3.8, 4) is 39.7 Å². The first-order chi connectivity index (χ1) is 22.9. The van der Waals surface area contributed by atoms with E-state index in [0.717, 1.165) is 40.3 Å². The molecule has 0 saturated carbocycles. The van der Waals surface area contributed by atoms with E-state index in [0.29, 0.717) is 11.1 Å². The summed E-state index contributed by atoms with van der Waals surface area (Å²) in [6, 6.07) is 41.2. The molecular formula is C36H25N5O6. The third kappa shape index (κ3) is 6.79. The van der Waals surface area contributed by atoms with Gasteiger partial charge >= 0.3 is 5.69 Å². The largest absolute Gasteiger partial charge is 0.450 e. The highest BCUT2D eigenvalue weighted by atomic mass is 16.6. The standard InChI is InChI=1S/C36H25N5O6/c42-36(38-37-24-25-11-18-31(19-12-25)47-35-22-17-30(40(43)44)23-34(35)41(45)46)28-13-15-29(16-14-28)39-32(26-7-3-1-4-8-26)20-21-33(39)27-9-5-2-6-10-27/h1-24H,(H,38,42)/b37-24-. The normalized spacial score (nSPS) is 10.9. The summed E-state index contributed by atoms with van der Waals surface area (Å²) >= 11 is 0. The summed E-state index contributed by atoms with van der Waals surface area (Å²) in [5.74, 6) is -0.251. The molecule has 1 heterocycles. The Morgan fingerprint density at radius 2 is 1.30 bits per heavy atom. The van der Waals surface area contributed by atoms with Crippen molar-refractivity contribution in [2.24, 2.45) is 5.10 Å². The Balaban J connectivity index is 1.14. The molecule has 0 radical (unpaired) electrons. The van der Waals surface area contributed by atoms with Crippen LogP contribution in [0.15, 0.2) is 145 Å². The fourth-order valence-electron chi connectivity index (χ4n) is 4.97. The van der Waals surface area contributed by atoms with Crippen molar-refractivity contribution >= 4 is 23.5 Å². The molecule has 0 unspecified atom stereocenters. The van der Waals surface area contributed by atoms with Gasteiger partial charge in [0.25, 0.3) is 11.6 Å². The van der Waals surface area contributed by atoms with Crippen molar-refractivity contribution in [2.45, 2.75) is 0 Å². The molecule has 0 aliphatic carbocycles. The van der Waals surface area contributed by atoms with Crippen LogP contribution in [0.3, 0.4) is 0 Å². The van der Waals surface area contributed by atoms with E-state index in [9.17, 15) is 25.0 Å². The Kier molecular flexibility index (Phi) is 8.60. The number of hydrazone groups is 1. The molecule has 11 heteroatoms. The highest BCUT2D eigenvalue weighted by Gasteiger charge is 2.21. The number of hydrogen-bond donors (Lipinski definition) is 1. The van der Waals surface area contributed by atoms with Gasteiger partial charge in [0, 0.05) is 17.3 Å². The van der Waals surface area contributed by atoms with Crippen LogP contribution in [0, 0.1) is 20.2 Å². The van der Waals surface area contributed by atoms with Gasteiger partial charge < -0.3 is 9.30 Å². The molecule has 0 bridgehead atoms. The number of nitro groups is 2. The Labute approximate surface area is 268 Å².